The number of nitrogens with one attached hydrogen (secondary N) is 2. The van der Waals surface area contributed by atoms with E-state index < -0.39 is 0 Å². The maximum atomic E-state index is 4.82. The average Bonchev–Trinajstić information content (AvgIpc) is 2.95. The zero-order valence-electron chi connectivity index (χ0n) is 13.1. The summed E-state index contributed by atoms with van der Waals surface area (Å²) in [5.41, 5.74) is 0.739. The van der Waals surface area contributed by atoms with Crippen molar-refractivity contribution in [1.82, 2.24) is 15.1 Å². The highest BCUT2D eigenvalue weighted by Crippen LogP contribution is 2.22. The Kier molecular flexibility index (Phi) is 4.77. The minimum atomic E-state index is -0.103. The van der Waals surface area contributed by atoms with E-state index in [-0.39, 0.29) is 5.41 Å². The van der Waals surface area contributed by atoms with Gasteiger partial charge in [0.15, 0.2) is 0 Å². The summed E-state index contributed by atoms with van der Waals surface area (Å²) in [7, 11) is 0. The van der Waals surface area contributed by atoms with Crippen molar-refractivity contribution in [3.8, 4) is 0 Å². The summed E-state index contributed by atoms with van der Waals surface area (Å²) in [5, 5.41) is 10.5. The Morgan fingerprint density at radius 2 is 1.86 bits per heavy atom. The van der Waals surface area contributed by atoms with Crippen LogP contribution in [0.3, 0.4) is 0 Å². The molecule has 0 saturated carbocycles. The second kappa shape index (κ2) is 6.56. The summed E-state index contributed by atoms with van der Waals surface area (Å²) in [5.74, 6) is 2.45. The van der Waals surface area contributed by atoms with Crippen molar-refractivity contribution in [2.75, 3.05) is 17.2 Å². The molecule has 0 aliphatic rings. The molecule has 0 unspecified atom stereocenters. The van der Waals surface area contributed by atoms with Gasteiger partial charge in [-0.15, -0.1) is 0 Å². The molecule has 0 radical (unpaired) electrons. The van der Waals surface area contributed by atoms with Crippen LogP contribution in [0.4, 0.5) is 11.6 Å². The number of anilines is 2. The van der Waals surface area contributed by atoms with Gasteiger partial charge in [0, 0.05) is 24.1 Å². The predicted octanol–water partition coefficient (Wildman–Crippen LogP) is 3.20. The molecule has 0 aromatic carbocycles. The molecule has 2 heterocycles. The molecule has 0 spiro atoms. The van der Waals surface area contributed by atoms with E-state index in [0.717, 1.165) is 36.1 Å². The number of hydrogen-bond donors (Lipinski definition) is 2. The molecule has 0 atom stereocenters. The van der Waals surface area contributed by atoms with Gasteiger partial charge in [0.2, 0.25) is 0 Å². The van der Waals surface area contributed by atoms with E-state index in [9.17, 15) is 0 Å². The van der Waals surface area contributed by atoms with Crippen LogP contribution >= 0.6 is 0 Å². The van der Waals surface area contributed by atoms with Gasteiger partial charge in [0.1, 0.15) is 29.4 Å². The van der Waals surface area contributed by atoms with Crippen molar-refractivity contribution < 1.29 is 4.52 Å². The van der Waals surface area contributed by atoms with Crippen LogP contribution in [0, 0.1) is 0 Å². The highest BCUT2D eigenvalue weighted by Gasteiger charge is 2.19. The van der Waals surface area contributed by atoms with E-state index in [1.165, 1.54) is 0 Å². The number of rotatable bonds is 6. The Morgan fingerprint density at radius 1 is 1.14 bits per heavy atom. The van der Waals surface area contributed by atoms with Crippen LogP contribution < -0.4 is 10.6 Å². The molecule has 0 saturated heterocycles. The highest BCUT2D eigenvalue weighted by atomic mass is 16.5. The second-order valence-corrected chi connectivity index (χ2v) is 5.98. The lowest BCUT2D eigenvalue weighted by molar-refractivity contribution is 0.412. The summed E-state index contributed by atoms with van der Waals surface area (Å²) >= 11 is 0. The van der Waals surface area contributed by atoms with Crippen molar-refractivity contribution >= 4 is 11.6 Å². The minimum absolute atomic E-state index is 0.103. The predicted molar refractivity (Wildman–Crippen MR) is 83.3 cm³/mol. The van der Waals surface area contributed by atoms with Gasteiger partial charge in [0.05, 0.1) is 6.54 Å². The summed E-state index contributed by atoms with van der Waals surface area (Å²) in [6.45, 7) is 9.91. The summed E-state index contributed by atoms with van der Waals surface area (Å²) < 4.78 is 4.82. The Balaban J connectivity index is 2.17. The lowest BCUT2D eigenvalue weighted by Gasteiger charge is -2.19. The van der Waals surface area contributed by atoms with Gasteiger partial charge < -0.3 is 15.2 Å². The lowest BCUT2D eigenvalue weighted by atomic mass is 9.96. The molecule has 6 nitrogen and oxygen atoms in total. The Hall–Kier alpha value is -2.11. The molecule has 0 fully saturated rings. The largest absolute Gasteiger partial charge is 0.370 e. The van der Waals surface area contributed by atoms with Crippen LogP contribution in [-0.2, 0) is 12.0 Å². The average molecular weight is 289 g/mol. The van der Waals surface area contributed by atoms with E-state index in [2.05, 4.69) is 53.5 Å². The van der Waals surface area contributed by atoms with Gasteiger partial charge >= 0.3 is 0 Å². The summed E-state index contributed by atoms with van der Waals surface area (Å²) in [6, 6.07) is 3.75. The molecule has 0 aliphatic carbocycles. The normalized spacial score (nSPS) is 11.4. The van der Waals surface area contributed by atoms with Crippen LogP contribution in [0.25, 0.3) is 0 Å². The minimum Gasteiger partial charge on any atom is -0.370 e. The molecule has 2 aromatic rings. The standard InChI is InChI=1S/C15H23N5O/c1-5-7-16-12-9-13(17-10-11-6-8-21-20-11)19-14(18-12)15(2,3)4/h6,8-9H,5,7,10H2,1-4H3,(H2,16,17,18,19). The Morgan fingerprint density at radius 3 is 2.43 bits per heavy atom. The third kappa shape index (κ3) is 4.44. The van der Waals surface area contributed by atoms with Crippen LogP contribution in [0.1, 0.15) is 45.6 Å². The maximum Gasteiger partial charge on any atom is 0.138 e. The number of aromatic nitrogens is 3. The zero-order chi connectivity index (χ0) is 15.3. The third-order valence-corrected chi connectivity index (χ3v) is 2.89. The van der Waals surface area contributed by atoms with Crippen molar-refractivity contribution in [3.05, 3.63) is 29.9 Å². The van der Waals surface area contributed by atoms with Gasteiger partial charge in [-0.25, -0.2) is 9.97 Å². The Bertz CT molecular complexity index is 560. The van der Waals surface area contributed by atoms with E-state index in [1.807, 2.05) is 12.1 Å². The van der Waals surface area contributed by atoms with Gasteiger partial charge in [0.25, 0.3) is 0 Å². The maximum absolute atomic E-state index is 4.82. The molecular weight excluding hydrogens is 266 g/mol. The molecule has 0 bridgehead atoms. The topological polar surface area (TPSA) is 75.9 Å². The Labute approximate surface area is 125 Å². The van der Waals surface area contributed by atoms with Gasteiger partial charge in [-0.3, -0.25) is 0 Å². The quantitative estimate of drug-likeness (QED) is 0.850. The summed E-state index contributed by atoms with van der Waals surface area (Å²) in [6.07, 6.45) is 2.61. The van der Waals surface area contributed by atoms with E-state index >= 15 is 0 Å². The van der Waals surface area contributed by atoms with Crippen LogP contribution in [-0.4, -0.2) is 21.7 Å². The second-order valence-electron chi connectivity index (χ2n) is 5.98. The molecule has 2 N–H and O–H groups in total. The van der Waals surface area contributed by atoms with E-state index in [1.54, 1.807) is 6.26 Å². The molecule has 21 heavy (non-hydrogen) atoms. The molecular formula is C15H23N5O. The molecule has 0 aliphatic heterocycles. The van der Waals surface area contributed by atoms with Crippen LogP contribution in [0.15, 0.2) is 22.9 Å². The van der Waals surface area contributed by atoms with Crippen molar-refractivity contribution in [3.63, 3.8) is 0 Å². The van der Waals surface area contributed by atoms with Gasteiger partial charge in [-0.2, -0.15) is 0 Å². The van der Waals surface area contributed by atoms with Gasteiger partial charge in [-0.05, 0) is 6.42 Å². The molecule has 0 amide bonds. The first-order valence-electron chi connectivity index (χ1n) is 7.25. The fourth-order valence-corrected chi connectivity index (χ4v) is 1.73. The first kappa shape index (κ1) is 15.3. The lowest BCUT2D eigenvalue weighted by Crippen LogP contribution is -2.18. The highest BCUT2D eigenvalue weighted by molar-refractivity contribution is 5.48. The van der Waals surface area contributed by atoms with E-state index in [0.29, 0.717) is 6.54 Å². The van der Waals surface area contributed by atoms with Crippen molar-refractivity contribution in [1.29, 1.82) is 0 Å². The van der Waals surface area contributed by atoms with Crippen molar-refractivity contribution in [2.45, 2.75) is 46.1 Å². The summed E-state index contributed by atoms with van der Waals surface area (Å²) in [4.78, 5) is 9.18. The van der Waals surface area contributed by atoms with Crippen LogP contribution in [0.2, 0.25) is 0 Å². The van der Waals surface area contributed by atoms with E-state index in [4.69, 9.17) is 4.52 Å². The smallest absolute Gasteiger partial charge is 0.138 e. The zero-order valence-corrected chi connectivity index (χ0v) is 13.1. The first-order valence-corrected chi connectivity index (χ1v) is 7.25. The monoisotopic (exact) mass is 289 g/mol. The SMILES string of the molecule is CCCNc1cc(NCc2ccon2)nc(C(C)(C)C)n1. The fraction of sp³-hybridized carbons (Fsp3) is 0.533. The molecule has 2 aromatic heterocycles. The first-order chi connectivity index (χ1) is 9.99. The number of nitrogens with zero attached hydrogens (tertiary/aromatic N) is 3. The fourth-order valence-electron chi connectivity index (χ4n) is 1.73. The van der Waals surface area contributed by atoms with Crippen LogP contribution in [0.5, 0.6) is 0 Å². The third-order valence-electron chi connectivity index (χ3n) is 2.89. The van der Waals surface area contributed by atoms with Gasteiger partial charge in [-0.1, -0.05) is 32.9 Å². The molecule has 2 rings (SSSR count). The molecule has 114 valence electrons. The molecule has 6 heteroatoms. The van der Waals surface area contributed by atoms with Crippen molar-refractivity contribution in [2.24, 2.45) is 0 Å². The number of hydrogen-bond acceptors (Lipinski definition) is 6.